The van der Waals surface area contributed by atoms with Crippen LogP contribution in [0.1, 0.15) is 22.3 Å². The first-order chi connectivity index (χ1) is 22.2. The van der Waals surface area contributed by atoms with Crippen LogP contribution >= 0.6 is 0 Å². The Morgan fingerprint density at radius 2 is 1.02 bits per heavy atom. The summed E-state index contributed by atoms with van der Waals surface area (Å²) in [4.78, 5) is 0. The molecule has 0 saturated carbocycles. The first-order valence-corrected chi connectivity index (χ1v) is 14.4. The average molecular weight is 570 g/mol. The molecule has 45 heavy (non-hydrogen) atoms. The van der Waals surface area contributed by atoms with Crippen LogP contribution < -0.4 is 0 Å². The molecule has 5 heteroatoms. The van der Waals surface area contributed by atoms with E-state index in [2.05, 4.69) is 71.1 Å². The molecule has 0 unspecified atom stereocenters. The second-order valence-electron chi connectivity index (χ2n) is 10.9. The first-order valence-electron chi connectivity index (χ1n) is 14.4. The maximum atomic E-state index is 10.3. The zero-order valence-corrected chi connectivity index (χ0v) is 23.7. The summed E-state index contributed by atoms with van der Waals surface area (Å²) in [5.41, 5.74) is 6.00. The summed E-state index contributed by atoms with van der Waals surface area (Å²) < 4.78 is 2.24. The van der Waals surface area contributed by atoms with Crippen LogP contribution in [0.15, 0.2) is 115 Å². The van der Waals surface area contributed by atoms with Gasteiger partial charge >= 0.3 is 0 Å². The summed E-state index contributed by atoms with van der Waals surface area (Å²) in [6.07, 6.45) is 0. The summed E-state index contributed by atoms with van der Waals surface area (Å²) in [5.74, 6) is 0. The van der Waals surface area contributed by atoms with E-state index >= 15 is 0 Å². The maximum Gasteiger partial charge on any atom is 0.102 e. The smallest absolute Gasteiger partial charge is 0.102 e. The highest BCUT2D eigenvalue weighted by atomic mass is 14.9. The Hall–Kier alpha value is -6.92. The van der Waals surface area contributed by atoms with E-state index in [0.717, 1.165) is 60.3 Å². The summed E-state index contributed by atoms with van der Waals surface area (Å²) in [5, 5.41) is 46.6. The highest BCUT2D eigenvalue weighted by molar-refractivity contribution is 6.27. The third kappa shape index (κ3) is 3.57. The lowest BCUT2D eigenvalue weighted by Gasteiger charge is -2.17. The van der Waals surface area contributed by atoms with Crippen molar-refractivity contribution < 1.29 is 0 Å². The van der Waals surface area contributed by atoms with Crippen molar-refractivity contribution in [3.63, 3.8) is 0 Å². The molecule has 0 spiro atoms. The minimum absolute atomic E-state index is 0.0732. The van der Waals surface area contributed by atoms with Crippen LogP contribution in [0.2, 0.25) is 0 Å². The van der Waals surface area contributed by atoms with Gasteiger partial charge in [0.05, 0.1) is 39.0 Å². The molecule has 6 aromatic carbocycles. The molecule has 0 N–H and O–H groups in total. The van der Waals surface area contributed by atoms with Crippen LogP contribution in [0.25, 0.3) is 71.1 Å². The summed E-state index contributed by atoms with van der Waals surface area (Å²) in [7, 11) is 0. The number of aromatic nitrogens is 1. The number of nitriles is 4. The molecule has 5 nitrogen and oxygen atoms in total. The number of benzene rings is 6. The zero-order valence-electron chi connectivity index (χ0n) is 23.7. The van der Waals surface area contributed by atoms with E-state index in [-0.39, 0.29) is 22.3 Å². The number of nitrogens with zero attached hydrogens (tertiary/aromatic N) is 5. The van der Waals surface area contributed by atoms with E-state index < -0.39 is 0 Å². The van der Waals surface area contributed by atoms with Crippen molar-refractivity contribution in [1.29, 1.82) is 21.0 Å². The van der Waals surface area contributed by atoms with Crippen molar-refractivity contribution in [1.82, 2.24) is 4.40 Å². The molecule has 2 heterocycles. The first kappa shape index (κ1) is 25.8. The van der Waals surface area contributed by atoms with Gasteiger partial charge < -0.3 is 4.40 Å². The summed E-state index contributed by atoms with van der Waals surface area (Å²) >= 11 is 0. The fraction of sp³-hybridized carbons (Fsp3) is 0. The summed E-state index contributed by atoms with van der Waals surface area (Å²) in [6.45, 7) is 0. The van der Waals surface area contributed by atoms with Crippen molar-refractivity contribution in [2.24, 2.45) is 0 Å². The molecule has 0 radical (unpaired) electrons. The van der Waals surface area contributed by atoms with Crippen molar-refractivity contribution in [2.45, 2.75) is 0 Å². The molecular formula is C40H19N5. The Balaban J connectivity index is 1.74. The molecule has 0 fully saturated rings. The van der Waals surface area contributed by atoms with Gasteiger partial charge in [0, 0.05) is 32.5 Å². The molecule has 0 saturated heterocycles. The largest absolute Gasteiger partial charge is 0.308 e. The third-order valence-corrected chi connectivity index (χ3v) is 8.72. The van der Waals surface area contributed by atoms with Crippen LogP contribution in [0.5, 0.6) is 0 Å². The van der Waals surface area contributed by atoms with Crippen LogP contribution in [0.3, 0.4) is 0 Å². The van der Waals surface area contributed by atoms with Gasteiger partial charge in [-0.2, -0.15) is 21.0 Å². The van der Waals surface area contributed by atoms with E-state index in [1.807, 2.05) is 72.8 Å². The van der Waals surface area contributed by atoms with Crippen LogP contribution in [-0.4, -0.2) is 4.40 Å². The predicted octanol–water partition coefficient (Wildman–Crippen LogP) is 9.37. The van der Waals surface area contributed by atoms with Gasteiger partial charge in [-0.05, 0) is 40.1 Å². The van der Waals surface area contributed by atoms with Gasteiger partial charge in [-0.1, -0.05) is 97.1 Å². The fourth-order valence-corrected chi connectivity index (χ4v) is 6.81. The molecule has 2 aromatic heterocycles. The second-order valence-corrected chi connectivity index (χ2v) is 10.9. The maximum absolute atomic E-state index is 10.3. The minimum Gasteiger partial charge on any atom is -0.308 e. The van der Waals surface area contributed by atoms with Crippen LogP contribution in [0, 0.1) is 45.3 Å². The highest BCUT2D eigenvalue weighted by Gasteiger charge is 2.24. The van der Waals surface area contributed by atoms with Crippen LogP contribution in [-0.2, 0) is 0 Å². The van der Waals surface area contributed by atoms with Gasteiger partial charge in [-0.3, -0.25) is 0 Å². The van der Waals surface area contributed by atoms with Gasteiger partial charge in [0.15, 0.2) is 0 Å². The van der Waals surface area contributed by atoms with Crippen molar-refractivity contribution >= 4 is 48.7 Å². The Morgan fingerprint density at radius 1 is 0.444 bits per heavy atom. The molecule has 8 rings (SSSR count). The molecule has 204 valence electrons. The van der Waals surface area contributed by atoms with E-state index in [4.69, 9.17) is 0 Å². The molecule has 0 aliphatic heterocycles. The minimum atomic E-state index is -0.0772. The molecule has 0 aliphatic carbocycles. The number of fused-ring (bicyclic) bond motifs is 9. The summed E-state index contributed by atoms with van der Waals surface area (Å²) in [6, 6.07) is 47.4. The predicted molar refractivity (Wildman–Crippen MR) is 177 cm³/mol. The van der Waals surface area contributed by atoms with Crippen molar-refractivity contribution in [3.05, 3.63) is 138 Å². The Bertz CT molecular complexity index is 2730. The Kier molecular flexibility index (Phi) is 5.63. The molecule has 0 atom stereocenters. The van der Waals surface area contributed by atoms with E-state index in [9.17, 15) is 21.0 Å². The number of pyridine rings is 1. The lowest BCUT2D eigenvalue weighted by Crippen LogP contribution is -2.00. The Labute approximate surface area is 257 Å². The Morgan fingerprint density at radius 3 is 1.67 bits per heavy atom. The van der Waals surface area contributed by atoms with Gasteiger partial charge in [0.25, 0.3) is 0 Å². The third-order valence-electron chi connectivity index (χ3n) is 8.72. The SMILES string of the molecule is N#Cc1c(C#N)c(C#N)c2cc3c(cc2c1C#N)c1c2ccccc2ccc1c1c(-c2ccccc2)cc(-c2ccccc2)n31. The highest BCUT2D eigenvalue weighted by Crippen LogP contribution is 2.45. The van der Waals surface area contributed by atoms with Gasteiger partial charge in [0.2, 0.25) is 0 Å². The van der Waals surface area contributed by atoms with Crippen molar-refractivity contribution in [3.8, 4) is 46.7 Å². The number of hydrogen-bond donors (Lipinski definition) is 0. The van der Waals surface area contributed by atoms with E-state index in [0.29, 0.717) is 10.8 Å². The molecule has 0 amide bonds. The average Bonchev–Trinajstić information content (AvgIpc) is 3.51. The van der Waals surface area contributed by atoms with Gasteiger partial charge in [-0.25, -0.2) is 0 Å². The van der Waals surface area contributed by atoms with Crippen molar-refractivity contribution in [2.75, 3.05) is 0 Å². The zero-order chi connectivity index (χ0) is 30.7. The number of hydrogen-bond acceptors (Lipinski definition) is 4. The van der Waals surface area contributed by atoms with E-state index in [1.165, 1.54) is 0 Å². The normalized spacial score (nSPS) is 11.0. The topological polar surface area (TPSA) is 99.6 Å². The molecule has 8 aromatic rings. The van der Waals surface area contributed by atoms with Crippen LogP contribution in [0.4, 0.5) is 0 Å². The lowest BCUT2D eigenvalue weighted by atomic mass is 9.88. The second kappa shape index (κ2) is 9.83. The molecular weight excluding hydrogens is 550 g/mol. The quantitative estimate of drug-likeness (QED) is 0.153. The van der Waals surface area contributed by atoms with Gasteiger partial charge in [0.1, 0.15) is 24.3 Å². The monoisotopic (exact) mass is 569 g/mol. The lowest BCUT2D eigenvalue weighted by molar-refractivity contribution is 1.29. The van der Waals surface area contributed by atoms with Gasteiger partial charge in [-0.15, -0.1) is 0 Å². The number of rotatable bonds is 2. The van der Waals surface area contributed by atoms with E-state index in [1.54, 1.807) is 0 Å². The molecule has 0 bridgehead atoms. The standard InChI is InChI=1S/C40H19N5/c41-20-33-30-17-32-38(19-31(30)34(21-42)36(23-44)35(33)22-43)45-37(26-12-5-2-6-13-26)18-29(24-9-3-1-4-10-24)40(45)28-16-15-25-11-7-8-14-27(25)39(28)32/h1-19H. The fourth-order valence-electron chi connectivity index (χ4n) is 6.81. The molecule has 0 aliphatic rings.